The van der Waals surface area contributed by atoms with E-state index in [1.165, 1.54) is 24.5 Å². The highest BCUT2D eigenvalue weighted by Gasteiger charge is 2.42. The van der Waals surface area contributed by atoms with Gasteiger partial charge in [0.25, 0.3) is 17.7 Å². The number of hydrogen-bond donors (Lipinski definition) is 1. The van der Waals surface area contributed by atoms with Crippen LogP contribution in [0.5, 0.6) is 0 Å². The van der Waals surface area contributed by atoms with Crippen molar-refractivity contribution in [3.8, 4) is 0 Å². The lowest BCUT2D eigenvalue weighted by Gasteiger charge is -2.23. The molecular weight excluding hydrogens is 370 g/mol. The minimum Gasteiger partial charge on any atom is -0.429 e. The summed E-state index contributed by atoms with van der Waals surface area (Å²) in [5.41, 5.74) is 1.37. The van der Waals surface area contributed by atoms with Gasteiger partial charge in [-0.25, -0.2) is 9.72 Å². The number of carbonyl (C=O) groups excluding carboxylic acids is 3. The minimum absolute atomic E-state index is 0.154. The third-order valence-corrected chi connectivity index (χ3v) is 4.73. The fourth-order valence-electron chi connectivity index (χ4n) is 3.30. The van der Waals surface area contributed by atoms with Gasteiger partial charge in [-0.05, 0) is 29.8 Å². The Balaban J connectivity index is 1.74. The third-order valence-electron chi connectivity index (χ3n) is 4.73. The average Bonchev–Trinajstić information content (AvgIpc) is 2.99. The Morgan fingerprint density at radius 3 is 2.00 bits per heavy atom. The molecule has 0 saturated heterocycles. The van der Waals surface area contributed by atoms with Crippen molar-refractivity contribution in [3.63, 3.8) is 0 Å². The molecule has 0 aliphatic carbocycles. The molecule has 1 aromatic heterocycles. The first kappa shape index (κ1) is 18.4. The highest BCUT2D eigenvalue weighted by molar-refractivity contribution is 6.22. The zero-order chi connectivity index (χ0) is 20.4. The molecule has 0 saturated carbocycles. The SMILES string of the molecule is O=C(N=c1ccn(O)cc1)[C@H](Cc1ccccc1)N1C(=O)c2ccccc2C1=O. The molecule has 2 heterocycles. The van der Waals surface area contributed by atoms with Gasteiger partial charge in [0.1, 0.15) is 6.04 Å². The van der Waals surface area contributed by atoms with Crippen LogP contribution in [0.4, 0.5) is 0 Å². The monoisotopic (exact) mass is 387 g/mol. The zero-order valence-electron chi connectivity index (χ0n) is 15.3. The molecule has 3 aromatic rings. The topological polar surface area (TPSA) is 92.0 Å². The molecule has 1 aliphatic rings. The van der Waals surface area contributed by atoms with Crippen LogP contribution in [0.2, 0.25) is 0 Å². The van der Waals surface area contributed by atoms with E-state index in [-0.39, 0.29) is 17.5 Å². The predicted molar refractivity (Wildman–Crippen MR) is 103 cm³/mol. The Kier molecular flexibility index (Phi) is 4.78. The fraction of sp³-hybridized carbons (Fsp3) is 0.0909. The molecule has 0 radical (unpaired) electrons. The van der Waals surface area contributed by atoms with Gasteiger partial charge in [0.2, 0.25) is 0 Å². The van der Waals surface area contributed by atoms with Gasteiger partial charge in [0.05, 0.1) is 16.5 Å². The number of amides is 3. The summed E-state index contributed by atoms with van der Waals surface area (Å²) in [7, 11) is 0. The maximum Gasteiger partial charge on any atom is 0.269 e. The van der Waals surface area contributed by atoms with Crippen molar-refractivity contribution >= 4 is 17.7 Å². The number of nitrogens with zero attached hydrogens (tertiary/aromatic N) is 3. The Hall–Kier alpha value is -4.00. The maximum atomic E-state index is 13.0. The minimum atomic E-state index is -1.08. The normalized spacial score (nSPS) is 13.9. The van der Waals surface area contributed by atoms with Gasteiger partial charge in [-0.3, -0.25) is 19.3 Å². The Morgan fingerprint density at radius 2 is 1.41 bits per heavy atom. The molecule has 144 valence electrons. The van der Waals surface area contributed by atoms with Crippen molar-refractivity contribution in [1.29, 1.82) is 0 Å². The van der Waals surface area contributed by atoms with E-state index in [1.54, 1.807) is 24.3 Å². The standard InChI is InChI=1S/C22H17N3O4/c26-20(23-16-10-12-24(29)13-11-16)19(14-15-6-2-1-3-7-15)25-21(27)17-8-4-5-9-18(17)22(25)28/h1-13,19,29H,14H2/t19-/m0/s1. The van der Waals surface area contributed by atoms with Crippen LogP contribution in [-0.4, -0.2) is 38.6 Å². The number of benzene rings is 2. The summed E-state index contributed by atoms with van der Waals surface area (Å²) < 4.78 is 0.828. The number of aromatic nitrogens is 1. The van der Waals surface area contributed by atoms with E-state index in [0.717, 1.165) is 15.2 Å². The van der Waals surface area contributed by atoms with Gasteiger partial charge in [-0.1, -0.05) is 42.5 Å². The zero-order valence-corrected chi connectivity index (χ0v) is 15.3. The molecular formula is C22H17N3O4. The van der Waals surface area contributed by atoms with Crippen LogP contribution in [0.25, 0.3) is 0 Å². The highest BCUT2D eigenvalue weighted by Crippen LogP contribution is 2.26. The summed E-state index contributed by atoms with van der Waals surface area (Å²) in [6, 6.07) is 17.5. The summed E-state index contributed by atoms with van der Waals surface area (Å²) in [5, 5.41) is 9.64. The van der Waals surface area contributed by atoms with Crippen molar-refractivity contribution in [1.82, 2.24) is 9.63 Å². The number of carbonyl (C=O) groups is 3. The summed E-state index contributed by atoms with van der Waals surface area (Å²) in [6.45, 7) is 0. The van der Waals surface area contributed by atoms with Crippen LogP contribution < -0.4 is 5.36 Å². The molecule has 2 aromatic carbocycles. The molecule has 7 nitrogen and oxygen atoms in total. The first-order valence-electron chi connectivity index (χ1n) is 9.01. The van der Waals surface area contributed by atoms with Gasteiger partial charge in [0.15, 0.2) is 0 Å². The van der Waals surface area contributed by atoms with Crippen LogP contribution in [0.3, 0.4) is 0 Å². The van der Waals surface area contributed by atoms with Gasteiger partial charge >= 0.3 is 0 Å². The summed E-state index contributed by atoms with van der Waals surface area (Å²) >= 11 is 0. The van der Waals surface area contributed by atoms with E-state index in [1.807, 2.05) is 30.3 Å². The second-order valence-corrected chi connectivity index (χ2v) is 6.62. The molecule has 0 fully saturated rings. The Labute approximate surface area is 166 Å². The molecule has 0 unspecified atom stereocenters. The second kappa shape index (κ2) is 7.55. The molecule has 1 aliphatic heterocycles. The van der Waals surface area contributed by atoms with Gasteiger partial charge in [0, 0.05) is 18.8 Å². The fourth-order valence-corrected chi connectivity index (χ4v) is 3.30. The van der Waals surface area contributed by atoms with E-state index >= 15 is 0 Å². The van der Waals surface area contributed by atoms with Crippen LogP contribution in [0.1, 0.15) is 26.3 Å². The van der Waals surface area contributed by atoms with E-state index in [0.29, 0.717) is 5.36 Å². The summed E-state index contributed by atoms with van der Waals surface area (Å²) in [6.07, 6.45) is 2.82. The quantitative estimate of drug-likeness (QED) is 0.548. The van der Waals surface area contributed by atoms with E-state index < -0.39 is 23.8 Å². The molecule has 1 N–H and O–H groups in total. The van der Waals surface area contributed by atoms with Crippen molar-refractivity contribution in [3.05, 3.63) is 101 Å². The van der Waals surface area contributed by atoms with Crippen molar-refractivity contribution in [2.75, 3.05) is 0 Å². The molecule has 3 amide bonds. The second-order valence-electron chi connectivity index (χ2n) is 6.62. The van der Waals surface area contributed by atoms with E-state index in [2.05, 4.69) is 4.99 Å². The Morgan fingerprint density at radius 1 is 0.862 bits per heavy atom. The van der Waals surface area contributed by atoms with E-state index in [9.17, 15) is 19.6 Å². The first-order chi connectivity index (χ1) is 14.0. The van der Waals surface area contributed by atoms with Crippen LogP contribution in [0, 0.1) is 0 Å². The lowest BCUT2D eigenvalue weighted by atomic mass is 10.0. The predicted octanol–water partition coefficient (Wildman–Crippen LogP) is 2.06. The van der Waals surface area contributed by atoms with Gasteiger partial charge in [-0.15, -0.1) is 0 Å². The number of imide groups is 1. The van der Waals surface area contributed by atoms with Gasteiger partial charge < -0.3 is 5.21 Å². The third kappa shape index (κ3) is 3.58. The van der Waals surface area contributed by atoms with Crippen molar-refractivity contribution in [2.24, 2.45) is 4.99 Å². The largest absolute Gasteiger partial charge is 0.429 e. The van der Waals surface area contributed by atoms with Crippen LogP contribution in [0.15, 0.2) is 84.1 Å². The molecule has 4 rings (SSSR count). The van der Waals surface area contributed by atoms with Crippen molar-refractivity contribution < 1.29 is 19.6 Å². The number of hydrogen-bond acceptors (Lipinski definition) is 4. The molecule has 29 heavy (non-hydrogen) atoms. The maximum absolute atomic E-state index is 13.0. The molecule has 0 bridgehead atoms. The molecule has 7 heteroatoms. The average molecular weight is 387 g/mol. The van der Waals surface area contributed by atoms with Crippen LogP contribution >= 0.6 is 0 Å². The lowest BCUT2D eigenvalue weighted by molar-refractivity contribution is -0.121. The van der Waals surface area contributed by atoms with Crippen LogP contribution in [-0.2, 0) is 11.2 Å². The molecule has 1 atom stereocenters. The molecule has 0 spiro atoms. The van der Waals surface area contributed by atoms with Gasteiger partial charge in [-0.2, -0.15) is 0 Å². The number of rotatable bonds is 4. The summed E-state index contributed by atoms with van der Waals surface area (Å²) in [4.78, 5) is 43.9. The smallest absolute Gasteiger partial charge is 0.269 e. The van der Waals surface area contributed by atoms with Crippen molar-refractivity contribution in [2.45, 2.75) is 12.5 Å². The number of pyridine rings is 1. The first-order valence-corrected chi connectivity index (χ1v) is 9.01. The number of fused-ring (bicyclic) bond motifs is 1. The summed E-state index contributed by atoms with van der Waals surface area (Å²) in [5.74, 6) is -1.62. The lowest BCUT2D eigenvalue weighted by Crippen LogP contribution is -2.46. The Bertz CT molecular complexity index is 1110. The van der Waals surface area contributed by atoms with E-state index in [4.69, 9.17) is 0 Å². The highest BCUT2D eigenvalue weighted by atomic mass is 16.5.